The Morgan fingerprint density at radius 1 is 1.48 bits per heavy atom. The number of aliphatic hydroxyl groups excluding tert-OH is 1. The van der Waals surface area contributed by atoms with E-state index in [2.05, 4.69) is 6.58 Å². The van der Waals surface area contributed by atoms with E-state index in [0.717, 1.165) is 18.4 Å². The number of hydrogen-bond acceptors (Lipinski definition) is 3. The minimum atomic E-state index is -0.817. The lowest BCUT2D eigenvalue weighted by Crippen LogP contribution is -2.40. The van der Waals surface area contributed by atoms with Gasteiger partial charge in [0.2, 0.25) is 0 Å². The summed E-state index contributed by atoms with van der Waals surface area (Å²) in [5.74, 6) is 0.352. The Bertz CT molecular complexity index is 523. The van der Waals surface area contributed by atoms with E-state index in [-0.39, 0.29) is 18.4 Å². The van der Waals surface area contributed by atoms with Crippen LogP contribution in [-0.4, -0.2) is 34.6 Å². The highest BCUT2D eigenvalue weighted by atomic mass is 16.5. The van der Waals surface area contributed by atoms with Gasteiger partial charge < -0.3 is 14.9 Å². The zero-order valence-electron chi connectivity index (χ0n) is 14.6. The summed E-state index contributed by atoms with van der Waals surface area (Å²) in [4.78, 5) is 0. The van der Waals surface area contributed by atoms with Crippen LogP contribution in [0.1, 0.15) is 40.0 Å². The standard InChI is InChI=1S/C20H30O3/c1-15(2)7-5-11-20(14-21)18-9-12-19(4,22)10-6-8-16(3)17(18)13-23-20/h5-7,10-11,17-18,21-22H,3,8-9,12-14H2,1-2,4H3. The molecule has 2 N–H and O–H groups in total. The third-order valence-corrected chi connectivity index (χ3v) is 5.04. The molecular weight excluding hydrogens is 288 g/mol. The smallest absolute Gasteiger partial charge is 0.113 e. The van der Waals surface area contributed by atoms with Gasteiger partial charge in [0.05, 0.1) is 18.8 Å². The number of hydrogen-bond donors (Lipinski definition) is 2. The summed E-state index contributed by atoms with van der Waals surface area (Å²) in [6.07, 6.45) is 12.1. The van der Waals surface area contributed by atoms with Gasteiger partial charge in [0.15, 0.2) is 0 Å². The Balaban J connectivity index is 2.31. The van der Waals surface area contributed by atoms with E-state index in [1.165, 1.54) is 5.57 Å². The van der Waals surface area contributed by atoms with E-state index in [1.807, 2.05) is 51.2 Å². The van der Waals surface area contributed by atoms with Crippen LogP contribution in [0, 0.1) is 11.8 Å². The monoisotopic (exact) mass is 318 g/mol. The van der Waals surface area contributed by atoms with Crippen molar-refractivity contribution in [2.45, 2.75) is 51.2 Å². The molecule has 3 nitrogen and oxygen atoms in total. The largest absolute Gasteiger partial charge is 0.393 e. The summed E-state index contributed by atoms with van der Waals surface area (Å²) in [7, 11) is 0. The van der Waals surface area contributed by atoms with Crippen LogP contribution in [0.2, 0.25) is 0 Å². The van der Waals surface area contributed by atoms with Gasteiger partial charge in [0.25, 0.3) is 0 Å². The van der Waals surface area contributed by atoms with Gasteiger partial charge in [-0.3, -0.25) is 0 Å². The van der Waals surface area contributed by atoms with Crippen molar-refractivity contribution >= 4 is 0 Å². The molecule has 128 valence electrons. The maximum atomic E-state index is 10.5. The molecule has 0 spiro atoms. The van der Waals surface area contributed by atoms with Crippen molar-refractivity contribution in [1.82, 2.24) is 0 Å². The first-order valence-corrected chi connectivity index (χ1v) is 8.45. The second-order valence-corrected chi connectivity index (χ2v) is 7.40. The lowest BCUT2D eigenvalue weighted by atomic mass is 9.74. The summed E-state index contributed by atoms with van der Waals surface area (Å²) in [5, 5.41) is 20.5. The van der Waals surface area contributed by atoms with E-state index in [4.69, 9.17) is 4.74 Å². The summed E-state index contributed by atoms with van der Waals surface area (Å²) >= 11 is 0. The summed E-state index contributed by atoms with van der Waals surface area (Å²) < 4.78 is 6.08. The predicted octanol–water partition coefficient (Wildman–Crippen LogP) is 3.55. The Kier molecular flexibility index (Phi) is 5.66. The van der Waals surface area contributed by atoms with Crippen molar-refractivity contribution in [3.63, 3.8) is 0 Å². The molecule has 0 saturated carbocycles. The van der Waals surface area contributed by atoms with Gasteiger partial charge in [0, 0.05) is 11.8 Å². The third-order valence-electron chi connectivity index (χ3n) is 5.04. The first-order chi connectivity index (χ1) is 10.8. The van der Waals surface area contributed by atoms with Gasteiger partial charge in [-0.15, -0.1) is 0 Å². The quantitative estimate of drug-likeness (QED) is 0.618. The van der Waals surface area contributed by atoms with Crippen molar-refractivity contribution < 1.29 is 14.9 Å². The second kappa shape index (κ2) is 7.16. The molecule has 4 atom stereocenters. The van der Waals surface area contributed by atoms with E-state index >= 15 is 0 Å². The number of allylic oxidation sites excluding steroid dienone is 4. The topological polar surface area (TPSA) is 49.7 Å². The van der Waals surface area contributed by atoms with Crippen molar-refractivity contribution in [2.24, 2.45) is 11.8 Å². The first kappa shape index (κ1) is 18.2. The maximum Gasteiger partial charge on any atom is 0.113 e. The molecule has 2 aliphatic rings. The Morgan fingerprint density at radius 2 is 2.22 bits per heavy atom. The molecule has 0 aromatic rings. The van der Waals surface area contributed by atoms with Gasteiger partial charge >= 0.3 is 0 Å². The van der Waals surface area contributed by atoms with Gasteiger partial charge in [-0.2, -0.15) is 0 Å². The molecule has 1 saturated heterocycles. The number of ether oxygens (including phenoxy) is 1. The summed E-state index contributed by atoms with van der Waals surface area (Å²) in [6, 6.07) is 0. The van der Waals surface area contributed by atoms with Crippen molar-refractivity contribution in [2.75, 3.05) is 13.2 Å². The van der Waals surface area contributed by atoms with Crippen LogP contribution >= 0.6 is 0 Å². The molecule has 2 rings (SSSR count). The van der Waals surface area contributed by atoms with Gasteiger partial charge in [-0.25, -0.2) is 0 Å². The molecule has 1 aliphatic carbocycles. The van der Waals surface area contributed by atoms with E-state index in [9.17, 15) is 10.2 Å². The zero-order valence-corrected chi connectivity index (χ0v) is 14.6. The van der Waals surface area contributed by atoms with E-state index in [1.54, 1.807) is 0 Å². The maximum absolute atomic E-state index is 10.5. The van der Waals surface area contributed by atoms with E-state index < -0.39 is 11.2 Å². The third kappa shape index (κ3) is 4.23. The van der Waals surface area contributed by atoms with Crippen LogP contribution in [0.15, 0.2) is 48.1 Å². The molecule has 0 aromatic heterocycles. The SMILES string of the molecule is C=C1CC=CC(C)(O)CCC2C1COC2(C=CC=C(C)C)CO. The Hall–Kier alpha value is -1.16. The first-order valence-electron chi connectivity index (χ1n) is 8.45. The normalized spacial score (nSPS) is 38.0. The molecule has 0 aromatic carbocycles. The molecule has 1 fully saturated rings. The van der Waals surface area contributed by atoms with Crippen molar-refractivity contribution in [1.29, 1.82) is 0 Å². The van der Waals surface area contributed by atoms with Gasteiger partial charge in [0.1, 0.15) is 5.60 Å². The lowest BCUT2D eigenvalue weighted by Gasteiger charge is -2.33. The number of fused-ring (bicyclic) bond motifs is 1. The average Bonchev–Trinajstić information content (AvgIpc) is 2.84. The second-order valence-electron chi connectivity index (χ2n) is 7.40. The molecule has 0 radical (unpaired) electrons. The molecule has 23 heavy (non-hydrogen) atoms. The Morgan fingerprint density at radius 3 is 2.87 bits per heavy atom. The zero-order chi connectivity index (χ0) is 17.1. The molecule has 1 aliphatic heterocycles. The van der Waals surface area contributed by atoms with Gasteiger partial charge in [-0.05, 0) is 40.0 Å². The minimum absolute atomic E-state index is 0.0515. The Labute approximate surface area is 140 Å². The highest BCUT2D eigenvalue weighted by molar-refractivity contribution is 5.23. The van der Waals surface area contributed by atoms with Crippen LogP contribution in [0.4, 0.5) is 0 Å². The lowest BCUT2D eigenvalue weighted by molar-refractivity contribution is -0.0294. The average molecular weight is 318 g/mol. The predicted molar refractivity (Wildman–Crippen MR) is 94.1 cm³/mol. The van der Waals surface area contributed by atoms with E-state index in [0.29, 0.717) is 13.0 Å². The van der Waals surface area contributed by atoms with Crippen LogP contribution in [0.25, 0.3) is 0 Å². The highest BCUT2D eigenvalue weighted by Gasteiger charge is 2.48. The molecule has 0 amide bonds. The summed E-state index contributed by atoms with van der Waals surface area (Å²) in [6.45, 7) is 10.7. The number of aliphatic hydroxyl groups is 2. The van der Waals surface area contributed by atoms with Gasteiger partial charge in [-0.1, -0.05) is 48.1 Å². The molecule has 1 heterocycles. The fraction of sp³-hybridized carbons (Fsp3) is 0.600. The summed E-state index contributed by atoms with van der Waals surface area (Å²) in [5.41, 5.74) is 0.826. The minimum Gasteiger partial charge on any atom is -0.393 e. The molecule has 4 unspecified atom stereocenters. The van der Waals surface area contributed by atoms with Crippen molar-refractivity contribution in [3.05, 3.63) is 48.1 Å². The van der Waals surface area contributed by atoms with Crippen LogP contribution in [0.5, 0.6) is 0 Å². The van der Waals surface area contributed by atoms with Crippen LogP contribution in [0.3, 0.4) is 0 Å². The molecule has 0 bridgehead atoms. The fourth-order valence-electron chi connectivity index (χ4n) is 3.59. The molecular formula is C20H30O3. The van der Waals surface area contributed by atoms with Crippen LogP contribution in [-0.2, 0) is 4.74 Å². The van der Waals surface area contributed by atoms with Crippen molar-refractivity contribution in [3.8, 4) is 0 Å². The number of rotatable bonds is 3. The fourth-order valence-corrected chi connectivity index (χ4v) is 3.59. The highest BCUT2D eigenvalue weighted by Crippen LogP contribution is 2.45. The van der Waals surface area contributed by atoms with Crippen LogP contribution < -0.4 is 0 Å². The molecule has 3 heteroatoms.